The van der Waals surface area contributed by atoms with Gasteiger partial charge < -0.3 is 5.32 Å². The summed E-state index contributed by atoms with van der Waals surface area (Å²) in [5, 5.41) is 13.5. The van der Waals surface area contributed by atoms with Crippen LogP contribution in [0.5, 0.6) is 0 Å². The number of fused-ring (bicyclic) bond motifs is 1. The van der Waals surface area contributed by atoms with E-state index in [1.54, 1.807) is 6.08 Å². The summed E-state index contributed by atoms with van der Waals surface area (Å²) >= 11 is 1.35. The highest BCUT2D eigenvalue weighted by Gasteiger charge is 2.20. The van der Waals surface area contributed by atoms with Crippen LogP contribution in [-0.2, 0) is 4.79 Å². The van der Waals surface area contributed by atoms with Crippen molar-refractivity contribution in [3.63, 3.8) is 0 Å². The van der Waals surface area contributed by atoms with Gasteiger partial charge in [0, 0.05) is 28.7 Å². The minimum absolute atomic E-state index is 0.0835. The molecule has 0 aliphatic heterocycles. The van der Waals surface area contributed by atoms with Crippen LogP contribution in [0.3, 0.4) is 0 Å². The molecule has 5 rings (SSSR count). The first-order valence-corrected chi connectivity index (χ1v) is 12.2. The zero-order valence-corrected chi connectivity index (χ0v) is 19.8. The molecule has 2 aromatic heterocycles. The van der Waals surface area contributed by atoms with Crippen LogP contribution in [0.2, 0.25) is 0 Å². The van der Waals surface area contributed by atoms with Gasteiger partial charge in [-0.05, 0) is 24.3 Å². The Morgan fingerprint density at radius 2 is 1.66 bits per heavy atom. The number of carbonyl (C=O) groups excluding carboxylic acids is 1. The molecule has 6 nitrogen and oxygen atoms in total. The van der Waals surface area contributed by atoms with E-state index < -0.39 is 0 Å². The number of hydrogen-bond donors (Lipinski definition) is 1. The van der Waals surface area contributed by atoms with Crippen molar-refractivity contribution < 1.29 is 4.79 Å². The molecular formula is C28H23N5OS. The molecule has 0 saturated heterocycles. The lowest BCUT2D eigenvalue weighted by Crippen LogP contribution is -2.25. The summed E-state index contributed by atoms with van der Waals surface area (Å²) in [4.78, 5) is 17.1. The van der Waals surface area contributed by atoms with Crippen molar-refractivity contribution in [3.05, 3.63) is 104 Å². The van der Waals surface area contributed by atoms with Crippen LogP contribution in [0, 0.1) is 0 Å². The topological polar surface area (TPSA) is 72.7 Å². The lowest BCUT2D eigenvalue weighted by Gasteiger charge is -2.13. The van der Waals surface area contributed by atoms with E-state index in [4.69, 9.17) is 4.98 Å². The van der Waals surface area contributed by atoms with Crippen LogP contribution in [0.1, 0.15) is 0 Å². The fraction of sp³-hybridized carbons (Fsp3) is 0.0714. The van der Waals surface area contributed by atoms with Crippen molar-refractivity contribution in [2.75, 3.05) is 12.3 Å². The summed E-state index contributed by atoms with van der Waals surface area (Å²) in [5.74, 6) is 0.839. The van der Waals surface area contributed by atoms with Crippen LogP contribution in [0.15, 0.2) is 109 Å². The standard InChI is InChI=1S/C28H23N5OS/c1-2-17-29-26(34)19-35-28-32-31-27(33(28)21-13-7-4-8-14-21)23-18-25(20-11-5-3-6-12-20)30-24-16-10-9-15-22(23)24/h2-16,18H,1,17,19H2,(H,29,34). The number of rotatable bonds is 8. The van der Waals surface area contributed by atoms with Crippen molar-refractivity contribution in [2.24, 2.45) is 0 Å². The molecule has 1 N–H and O–H groups in total. The number of pyridine rings is 1. The van der Waals surface area contributed by atoms with E-state index in [9.17, 15) is 4.79 Å². The lowest BCUT2D eigenvalue weighted by molar-refractivity contribution is -0.118. The average molecular weight is 478 g/mol. The second-order valence-corrected chi connectivity index (χ2v) is 8.74. The maximum Gasteiger partial charge on any atom is 0.230 e. The summed E-state index contributed by atoms with van der Waals surface area (Å²) in [6.45, 7) is 4.07. The summed E-state index contributed by atoms with van der Waals surface area (Å²) in [6.07, 6.45) is 1.66. The van der Waals surface area contributed by atoms with Crippen molar-refractivity contribution in [1.82, 2.24) is 25.1 Å². The van der Waals surface area contributed by atoms with E-state index in [1.807, 2.05) is 89.5 Å². The van der Waals surface area contributed by atoms with Crippen LogP contribution >= 0.6 is 11.8 Å². The molecular weight excluding hydrogens is 454 g/mol. The first-order valence-electron chi connectivity index (χ1n) is 11.2. The van der Waals surface area contributed by atoms with Crippen LogP contribution in [-0.4, -0.2) is 38.0 Å². The fourth-order valence-electron chi connectivity index (χ4n) is 3.83. The minimum atomic E-state index is -0.0835. The molecule has 0 saturated carbocycles. The van der Waals surface area contributed by atoms with Gasteiger partial charge in [-0.1, -0.05) is 84.6 Å². The van der Waals surface area contributed by atoms with Crippen LogP contribution < -0.4 is 5.32 Å². The molecule has 35 heavy (non-hydrogen) atoms. The molecule has 0 aliphatic carbocycles. The van der Waals surface area contributed by atoms with E-state index in [1.165, 1.54) is 11.8 Å². The predicted octanol–water partition coefficient (Wildman–Crippen LogP) is 5.54. The van der Waals surface area contributed by atoms with Gasteiger partial charge in [-0.3, -0.25) is 9.36 Å². The molecule has 0 bridgehead atoms. The summed E-state index contributed by atoms with van der Waals surface area (Å²) in [6, 6.07) is 30.1. The fourth-order valence-corrected chi connectivity index (χ4v) is 4.61. The van der Waals surface area contributed by atoms with Gasteiger partial charge in [-0.2, -0.15) is 0 Å². The van der Waals surface area contributed by atoms with E-state index in [2.05, 4.69) is 28.2 Å². The highest BCUT2D eigenvalue weighted by atomic mass is 32.2. The second kappa shape index (κ2) is 10.4. The van der Waals surface area contributed by atoms with Gasteiger partial charge in [0.25, 0.3) is 0 Å². The van der Waals surface area contributed by atoms with Gasteiger partial charge in [-0.25, -0.2) is 4.98 Å². The maximum absolute atomic E-state index is 12.2. The zero-order valence-electron chi connectivity index (χ0n) is 19.0. The third-order valence-electron chi connectivity index (χ3n) is 5.45. The van der Waals surface area contributed by atoms with Gasteiger partial charge in [-0.15, -0.1) is 16.8 Å². The normalized spacial score (nSPS) is 10.9. The summed E-state index contributed by atoms with van der Waals surface area (Å²) in [7, 11) is 0. The summed E-state index contributed by atoms with van der Waals surface area (Å²) in [5.41, 5.74) is 4.61. The number of nitrogens with zero attached hydrogens (tertiary/aromatic N) is 4. The highest BCUT2D eigenvalue weighted by molar-refractivity contribution is 7.99. The number of para-hydroxylation sites is 2. The quantitative estimate of drug-likeness (QED) is 0.235. The number of nitrogens with one attached hydrogen (secondary N) is 1. The third kappa shape index (κ3) is 4.85. The Balaban J connectivity index is 1.65. The Kier molecular flexibility index (Phi) is 6.68. The molecule has 0 radical (unpaired) electrons. The SMILES string of the molecule is C=CCNC(=O)CSc1nnc(-c2cc(-c3ccccc3)nc3ccccc23)n1-c1ccccc1. The van der Waals surface area contributed by atoms with Gasteiger partial charge in [0.2, 0.25) is 5.91 Å². The zero-order chi connectivity index (χ0) is 24.0. The first kappa shape index (κ1) is 22.6. The second-order valence-electron chi connectivity index (χ2n) is 7.80. The number of thioether (sulfide) groups is 1. The first-order chi connectivity index (χ1) is 17.2. The molecule has 1 amide bonds. The smallest absolute Gasteiger partial charge is 0.230 e. The Morgan fingerprint density at radius 3 is 2.43 bits per heavy atom. The van der Waals surface area contributed by atoms with Crippen LogP contribution in [0.25, 0.3) is 39.2 Å². The molecule has 0 aliphatic rings. The van der Waals surface area contributed by atoms with E-state index in [0.29, 0.717) is 17.5 Å². The van der Waals surface area contributed by atoms with E-state index in [0.717, 1.165) is 33.4 Å². The number of aromatic nitrogens is 4. The molecule has 7 heteroatoms. The Bertz CT molecular complexity index is 1480. The van der Waals surface area contributed by atoms with Crippen molar-refractivity contribution in [2.45, 2.75) is 5.16 Å². The average Bonchev–Trinajstić information content (AvgIpc) is 3.35. The van der Waals surface area contributed by atoms with Crippen molar-refractivity contribution in [3.8, 4) is 28.3 Å². The van der Waals surface area contributed by atoms with Gasteiger partial charge in [0.15, 0.2) is 11.0 Å². The van der Waals surface area contributed by atoms with Gasteiger partial charge >= 0.3 is 0 Å². The van der Waals surface area contributed by atoms with Crippen LogP contribution in [0.4, 0.5) is 0 Å². The molecule has 2 heterocycles. The van der Waals surface area contributed by atoms with Crippen molar-refractivity contribution >= 4 is 28.6 Å². The Labute approximate surface area is 207 Å². The van der Waals surface area contributed by atoms with Crippen molar-refractivity contribution in [1.29, 1.82) is 0 Å². The molecule has 3 aromatic carbocycles. The number of hydrogen-bond acceptors (Lipinski definition) is 5. The lowest BCUT2D eigenvalue weighted by atomic mass is 10.0. The maximum atomic E-state index is 12.2. The van der Waals surface area contributed by atoms with E-state index in [-0.39, 0.29) is 11.7 Å². The Hall–Kier alpha value is -4.23. The molecule has 0 unspecified atom stereocenters. The van der Waals surface area contributed by atoms with Gasteiger partial charge in [0.05, 0.1) is 17.0 Å². The predicted molar refractivity (Wildman–Crippen MR) is 141 cm³/mol. The summed E-state index contributed by atoms with van der Waals surface area (Å²) < 4.78 is 2.00. The highest BCUT2D eigenvalue weighted by Crippen LogP contribution is 2.34. The third-order valence-corrected chi connectivity index (χ3v) is 6.38. The molecule has 0 spiro atoms. The molecule has 0 atom stereocenters. The number of carbonyl (C=O) groups is 1. The molecule has 5 aromatic rings. The number of benzene rings is 3. The van der Waals surface area contributed by atoms with E-state index >= 15 is 0 Å². The number of amides is 1. The minimum Gasteiger partial charge on any atom is -0.352 e. The largest absolute Gasteiger partial charge is 0.352 e. The Morgan fingerprint density at radius 1 is 0.943 bits per heavy atom. The monoisotopic (exact) mass is 477 g/mol. The molecule has 172 valence electrons. The molecule has 0 fully saturated rings. The van der Waals surface area contributed by atoms with Gasteiger partial charge in [0.1, 0.15) is 0 Å².